The van der Waals surface area contributed by atoms with Crippen molar-refractivity contribution < 1.29 is 39.1 Å². The summed E-state index contributed by atoms with van der Waals surface area (Å²) < 4.78 is 23.9. The lowest BCUT2D eigenvalue weighted by Crippen LogP contribution is -2.34. The number of carbonyl (C=O) groups is 1. The maximum atomic E-state index is 11.9. The highest BCUT2D eigenvalue weighted by Gasteiger charge is 2.45. The maximum absolute atomic E-state index is 11.9. The van der Waals surface area contributed by atoms with E-state index in [2.05, 4.69) is 30.3 Å². The minimum atomic E-state index is -0.463. The van der Waals surface area contributed by atoms with Gasteiger partial charge < -0.3 is 34.3 Å². The number of phenols is 3. The first-order chi connectivity index (χ1) is 22.2. The third-order valence-electron chi connectivity index (χ3n) is 10.3. The largest absolute Gasteiger partial charge is 0.504 e. The molecule has 6 atom stereocenters. The van der Waals surface area contributed by atoms with Gasteiger partial charge in [0.1, 0.15) is 6.10 Å². The molecular formula is C38H46O8. The van der Waals surface area contributed by atoms with E-state index in [1.807, 2.05) is 12.1 Å². The van der Waals surface area contributed by atoms with Crippen molar-refractivity contribution in [2.45, 2.75) is 102 Å². The highest BCUT2D eigenvalue weighted by molar-refractivity contribution is 5.66. The molecule has 1 spiro atoms. The van der Waals surface area contributed by atoms with E-state index in [0.29, 0.717) is 42.9 Å². The number of aromatic hydroxyl groups is 3. The molecule has 0 amide bonds. The van der Waals surface area contributed by atoms with Crippen LogP contribution in [0.5, 0.6) is 28.7 Å². The van der Waals surface area contributed by atoms with E-state index in [1.54, 1.807) is 12.1 Å². The predicted octanol–water partition coefficient (Wildman–Crippen LogP) is 7.56. The molecule has 6 rings (SSSR count). The van der Waals surface area contributed by atoms with Gasteiger partial charge in [0.15, 0.2) is 23.0 Å². The Morgan fingerprint density at radius 2 is 1.70 bits per heavy atom. The minimum Gasteiger partial charge on any atom is -0.504 e. The van der Waals surface area contributed by atoms with Crippen LogP contribution >= 0.6 is 0 Å². The van der Waals surface area contributed by atoms with Gasteiger partial charge in [-0.3, -0.25) is 4.79 Å². The second-order valence-electron chi connectivity index (χ2n) is 13.7. The van der Waals surface area contributed by atoms with E-state index >= 15 is 0 Å². The molecule has 8 heteroatoms. The predicted molar refractivity (Wildman–Crippen MR) is 173 cm³/mol. The fourth-order valence-corrected chi connectivity index (χ4v) is 8.09. The van der Waals surface area contributed by atoms with Crippen molar-refractivity contribution in [3.8, 4) is 28.7 Å². The number of esters is 1. The number of benzene rings is 3. The molecule has 8 nitrogen and oxygen atoms in total. The highest BCUT2D eigenvalue weighted by Crippen LogP contribution is 2.54. The van der Waals surface area contributed by atoms with Crippen molar-refractivity contribution in [3.63, 3.8) is 0 Å². The van der Waals surface area contributed by atoms with Crippen LogP contribution in [0, 0.1) is 11.3 Å². The first kappa shape index (κ1) is 32.0. The number of carbonyl (C=O) groups excluding carboxylic acids is 1. The molecule has 1 saturated heterocycles. The average Bonchev–Trinajstić information content (AvgIpc) is 3.63. The quantitative estimate of drug-likeness (QED) is 0.155. The van der Waals surface area contributed by atoms with Crippen LogP contribution in [0.1, 0.15) is 87.5 Å². The minimum absolute atomic E-state index is 0.0351. The zero-order valence-electron chi connectivity index (χ0n) is 26.8. The standard InChI is InChI=1S/C38H46O8/c1-24(39)44-31-20-29(10-8-26-9-11-32(40)35(17-26)43-2)45-34(21-31)28-18-33(41)37(42)36(19-28)46-30-13-15-38(23-30)14-12-27(22-38)16-25-6-4-3-5-7-25/h3-7,9,11,17-19,27,29-31,34,40-42H,8,10,12-16,20-23H2,1-2H3/t27-,29+,30-,31+,34+,38+/m1/s1. The molecule has 3 aromatic carbocycles. The number of aryl methyl sites for hydroxylation is 1. The Kier molecular flexibility index (Phi) is 9.64. The first-order valence-corrected chi connectivity index (χ1v) is 16.6. The Labute approximate surface area is 271 Å². The number of hydrogen-bond donors (Lipinski definition) is 3. The van der Waals surface area contributed by atoms with Gasteiger partial charge in [0.2, 0.25) is 5.75 Å². The Morgan fingerprint density at radius 1 is 0.891 bits per heavy atom. The van der Waals surface area contributed by atoms with Gasteiger partial charge in [0.05, 0.1) is 25.4 Å². The van der Waals surface area contributed by atoms with Gasteiger partial charge >= 0.3 is 5.97 Å². The monoisotopic (exact) mass is 630 g/mol. The van der Waals surface area contributed by atoms with E-state index in [4.69, 9.17) is 18.9 Å². The van der Waals surface area contributed by atoms with Crippen LogP contribution in [0.15, 0.2) is 60.7 Å². The first-order valence-electron chi connectivity index (χ1n) is 16.6. The topological polar surface area (TPSA) is 115 Å². The van der Waals surface area contributed by atoms with E-state index < -0.39 is 6.10 Å². The average molecular weight is 631 g/mol. The van der Waals surface area contributed by atoms with E-state index in [0.717, 1.165) is 31.2 Å². The van der Waals surface area contributed by atoms with Crippen molar-refractivity contribution >= 4 is 5.97 Å². The highest BCUT2D eigenvalue weighted by atomic mass is 16.6. The summed E-state index contributed by atoms with van der Waals surface area (Å²) >= 11 is 0. The molecule has 0 unspecified atom stereocenters. The van der Waals surface area contributed by atoms with Gasteiger partial charge in [-0.15, -0.1) is 0 Å². The van der Waals surface area contributed by atoms with Crippen LogP contribution in [0.2, 0.25) is 0 Å². The van der Waals surface area contributed by atoms with Crippen molar-refractivity contribution in [1.29, 1.82) is 0 Å². The Bertz CT molecular complexity index is 1510. The summed E-state index contributed by atoms with van der Waals surface area (Å²) in [6.45, 7) is 1.41. The zero-order valence-corrected chi connectivity index (χ0v) is 26.8. The van der Waals surface area contributed by atoms with Gasteiger partial charge in [-0.05, 0) is 110 Å². The molecular weight excluding hydrogens is 584 g/mol. The van der Waals surface area contributed by atoms with Gasteiger partial charge in [0.25, 0.3) is 0 Å². The van der Waals surface area contributed by atoms with Crippen molar-refractivity contribution in [1.82, 2.24) is 0 Å². The number of phenolic OH excluding ortho intramolecular Hbond substituents is 3. The summed E-state index contributed by atoms with van der Waals surface area (Å²) in [6, 6.07) is 19.3. The van der Waals surface area contributed by atoms with Crippen LogP contribution in [0.25, 0.3) is 0 Å². The summed E-state index contributed by atoms with van der Waals surface area (Å²) in [5.74, 6) is 0.583. The third-order valence-corrected chi connectivity index (χ3v) is 10.3. The molecule has 3 aliphatic rings. The Balaban J connectivity index is 1.12. The fraction of sp³-hybridized carbons (Fsp3) is 0.500. The normalized spacial score (nSPS) is 27.5. The van der Waals surface area contributed by atoms with E-state index in [-0.39, 0.29) is 52.7 Å². The molecule has 0 bridgehead atoms. The summed E-state index contributed by atoms with van der Waals surface area (Å²) in [4.78, 5) is 11.9. The van der Waals surface area contributed by atoms with Crippen molar-refractivity contribution in [2.24, 2.45) is 11.3 Å². The molecule has 3 N–H and O–H groups in total. The smallest absolute Gasteiger partial charge is 0.302 e. The summed E-state index contributed by atoms with van der Waals surface area (Å²) in [5, 5.41) is 31.5. The molecule has 46 heavy (non-hydrogen) atoms. The van der Waals surface area contributed by atoms with Crippen LogP contribution in [0.4, 0.5) is 0 Å². The van der Waals surface area contributed by atoms with Gasteiger partial charge in [-0.25, -0.2) is 0 Å². The third kappa shape index (κ3) is 7.55. The molecule has 2 aliphatic carbocycles. The second-order valence-corrected chi connectivity index (χ2v) is 13.7. The lowest BCUT2D eigenvalue weighted by atomic mass is 9.83. The molecule has 3 aromatic rings. The second kappa shape index (κ2) is 13.8. The summed E-state index contributed by atoms with van der Waals surface area (Å²) in [6.07, 6.45) is 8.97. The lowest BCUT2D eigenvalue weighted by molar-refractivity contribution is -0.160. The molecule has 0 radical (unpaired) electrons. The van der Waals surface area contributed by atoms with Crippen molar-refractivity contribution in [3.05, 3.63) is 77.4 Å². The molecule has 1 heterocycles. The molecule has 2 saturated carbocycles. The van der Waals surface area contributed by atoms with Crippen LogP contribution < -0.4 is 9.47 Å². The van der Waals surface area contributed by atoms with Gasteiger partial charge in [-0.2, -0.15) is 0 Å². The van der Waals surface area contributed by atoms with Crippen LogP contribution in [-0.2, 0) is 27.1 Å². The van der Waals surface area contributed by atoms with E-state index in [9.17, 15) is 20.1 Å². The SMILES string of the molecule is COc1cc(CC[C@H]2C[C@H](OC(C)=O)C[C@@H](c3cc(O)c(O)c(O[C@@H]4CC[C@]5(CC[C@H](Cc6ccccc6)C5)C4)c3)O2)ccc1O. The number of ether oxygens (including phenoxy) is 4. The summed E-state index contributed by atoms with van der Waals surface area (Å²) in [7, 11) is 1.52. The number of hydrogen-bond acceptors (Lipinski definition) is 8. The zero-order chi connectivity index (χ0) is 32.3. The summed E-state index contributed by atoms with van der Waals surface area (Å²) in [5.41, 5.74) is 3.34. The van der Waals surface area contributed by atoms with E-state index in [1.165, 1.54) is 44.9 Å². The number of rotatable bonds is 10. The number of methoxy groups -OCH3 is 1. The Hall–Kier alpha value is -3.91. The van der Waals surface area contributed by atoms with Crippen molar-refractivity contribution in [2.75, 3.05) is 7.11 Å². The molecule has 0 aromatic heterocycles. The fourth-order valence-electron chi connectivity index (χ4n) is 8.09. The molecule has 3 fully saturated rings. The van der Waals surface area contributed by atoms with Crippen LogP contribution in [0.3, 0.4) is 0 Å². The molecule has 246 valence electrons. The maximum Gasteiger partial charge on any atom is 0.302 e. The van der Waals surface area contributed by atoms with Crippen LogP contribution in [-0.4, -0.2) is 46.7 Å². The lowest BCUT2D eigenvalue weighted by Gasteiger charge is -2.35. The van der Waals surface area contributed by atoms with Gasteiger partial charge in [0, 0.05) is 19.8 Å². The molecule has 1 aliphatic heterocycles. The van der Waals surface area contributed by atoms with Gasteiger partial charge in [-0.1, -0.05) is 36.4 Å². The Morgan fingerprint density at radius 3 is 2.48 bits per heavy atom.